The average Bonchev–Trinajstić information content (AvgIpc) is 2.33. The fourth-order valence-electron chi connectivity index (χ4n) is 1.61. The van der Waals surface area contributed by atoms with Crippen LogP contribution < -0.4 is 4.74 Å². The molecule has 0 amide bonds. The number of aryl methyl sites for hydroxylation is 1. The Labute approximate surface area is 102 Å². The maximum absolute atomic E-state index is 11.8. The number of hydrogen-bond donors (Lipinski definition) is 0. The third-order valence-corrected chi connectivity index (χ3v) is 2.67. The Morgan fingerprint density at radius 1 is 1.35 bits per heavy atom. The molecule has 17 heavy (non-hydrogen) atoms. The molecule has 0 aliphatic heterocycles. The van der Waals surface area contributed by atoms with Crippen LogP contribution in [0.2, 0.25) is 0 Å². The highest BCUT2D eigenvalue weighted by molar-refractivity contribution is 6.23. The summed E-state index contributed by atoms with van der Waals surface area (Å²) < 4.78 is 5.28. The molecule has 2 rings (SSSR count). The van der Waals surface area contributed by atoms with Crippen molar-refractivity contribution in [2.75, 3.05) is 0 Å². The molecule has 0 N–H and O–H groups in total. The first-order chi connectivity index (χ1) is 8.15. The fourth-order valence-corrected chi connectivity index (χ4v) is 1.61. The number of ether oxygens (including phenoxy) is 1. The quantitative estimate of drug-likeness (QED) is 0.438. The van der Waals surface area contributed by atoms with Gasteiger partial charge in [-0.15, -0.1) is 5.47 Å². The van der Waals surface area contributed by atoms with Crippen molar-refractivity contribution in [2.45, 2.75) is 13.3 Å². The first-order valence-corrected chi connectivity index (χ1v) is 5.57. The van der Waals surface area contributed by atoms with E-state index in [4.69, 9.17) is 12.6 Å². The van der Waals surface area contributed by atoms with Crippen LogP contribution in [0.4, 0.5) is 0 Å². The van der Waals surface area contributed by atoms with Crippen molar-refractivity contribution >= 4 is 13.8 Å². The van der Waals surface area contributed by atoms with E-state index in [0.29, 0.717) is 17.6 Å². The molecular formula is C14H13BO2. The van der Waals surface area contributed by atoms with E-state index in [9.17, 15) is 4.79 Å². The van der Waals surface area contributed by atoms with Gasteiger partial charge in [-0.05, 0) is 25.5 Å². The monoisotopic (exact) mass is 224 g/mol. The van der Waals surface area contributed by atoms with Crippen LogP contribution >= 0.6 is 0 Å². The Morgan fingerprint density at radius 3 is 2.65 bits per heavy atom. The van der Waals surface area contributed by atoms with Crippen LogP contribution in [-0.4, -0.2) is 13.8 Å². The van der Waals surface area contributed by atoms with Gasteiger partial charge in [0.2, 0.25) is 0 Å². The van der Waals surface area contributed by atoms with E-state index in [0.717, 1.165) is 5.56 Å². The maximum atomic E-state index is 11.8. The zero-order valence-electron chi connectivity index (χ0n) is 9.72. The molecule has 0 saturated heterocycles. The standard InChI is InChI=1S/C14H13BO2/c1-10-2-8-13(9-3-10)17-14(16)11-4-6-12(15)7-5-11/h2-4,6-9,11H,5H2,1H3. The van der Waals surface area contributed by atoms with Gasteiger partial charge in [0.15, 0.2) is 0 Å². The Balaban J connectivity index is 1.98. The van der Waals surface area contributed by atoms with Crippen molar-refractivity contribution in [1.29, 1.82) is 0 Å². The summed E-state index contributed by atoms with van der Waals surface area (Å²) in [5.74, 6) is 0.106. The lowest BCUT2D eigenvalue weighted by molar-refractivity contribution is -0.137. The first kappa shape index (κ1) is 11.7. The zero-order valence-corrected chi connectivity index (χ0v) is 9.72. The average molecular weight is 224 g/mol. The van der Waals surface area contributed by atoms with E-state index in [1.165, 1.54) is 0 Å². The van der Waals surface area contributed by atoms with Gasteiger partial charge in [0.25, 0.3) is 0 Å². The number of hydrogen-bond acceptors (Lipinski definition) is 2. The fraction of sp³-hybridized carbons (Fsp3) is 0.214. The van der Waals surface area contributed by atoms with E-state index >= 15 is 0 Å². The predicted octanol–water partition coefficient (Wildman–Crippen LogP) is 2.53. The largest absolute Gasteiger partial charge is 0.426 e. The number of carbonyl (C=O) groups excluding carboxylic acids is 1. The number of allylic oxidation sites excluding steroid dienone is 3. The molecule has 0 spiro atoms. The number of carbonyl (C=O) groups is 1. The topological polar surface area (TPSA) is 26.3 Å². The maximum Gasteiger partial charge on any atom is 0.318 e. The molecule has 0 bridgehead atoms. The molecule has 2 nitrogen and oxygen atoms in total. The van der Waals surface area contributed by atoms with E-state index < -0.39 is 0 Å². The summed E-state index contributed by atoms with van der Waals surface area (Å²) in [5, 5.41) is 0. The number of benzene rings is 1. The molecule has 1 aliphatic carbocycles. The Morgan fingerprint density at radius 2 is 2.06 bits per heavy atom. The van der Waals surface area contributed by atoms with Crippen LogP contribution in [0, 0.1) is 12.8 Å². The summed E-state index contributed by atoms with van der Waals surface area (Å²) in [4.78, 5) is 11.8. The van der Waals surface area contributed by atoms with Gasteiger partial charge >= 0.3 is 5.97 Å². The van der Waals surface area contributed by atoms with Crippen LogP contribution in [0.5, 0.6) is 5.75 Å². The molecule has 2 radical (unpaired) electrons. The molecule has 3 heteroatoms. The van der Waals surface area contributed by atoms with Crippen LogP contribution in [0.3, 0.4) is 0 Å². The zero-order chi connectivity index (χ0) is 12.3. The molecule has 1 unspecified atom stereocenters. The summed E-state index contributed by atoms with van der Waals surface area (Å²) in [6.45, 7) is 1.99. The first-order valence-electron chi connectivity index (χ1n) is 5.57. The summed E-state index contributed by atoms with van der Waals surface area (Å²) >= 11 is 0. The minimum atomic E-state index is -0.242. The molecule has 1 aromatic carbocycles. The lowest BCUT2D eigenvalue weighted by Crippen LogP contribution is -2.19. The van der Waals surface area contributed by atoms with Gasteiger partial charge in [0.1, 0.15) is 13.6 Å². The van der Waals surface area contributed by atoms with Crippen LogP contribution in [0.1, 0.15) is 12.0 Å². The Bertz CT molecular complexity index is 472. The Kier molecular flexibility index (Phi) is 3.47. The summed E-state index contributed by atoms with van der Waals surface area (Å²) in [6, 6.07) is 7.42. The minimum absolute atomic E-state index is 0.233. The van der Waals surface area contributed by atoms with Crippen LogP contribution in [0.15, 0.2) is 48.0 Å². The molecule has 1 aliphatic rings. The highest BCUT2D eigenvalue weighted by Gasteiger charge is 2.18. The van der Waals surface area contributed by atoms with Crippen molar-refractivity contribution in [1.82, 2.24) is 0 Å². The summed E-state index contributed by atoms with van der Waals surface area (Å²) in [7, 11) is 5.59. The molecule has 0 saturated carbocycles. The third-order valence-electron chi connectivity index (χ3n) is 2.67. The van der Waals surface area contributed by atoms with Gasteiger partial charge in [-0.3, -0.25) is 4.79 Å². The lowest BCUT2D eigenvalue weighted by Gasteiger charge is -2.14. The molecular weight excluding hydrogens is 211 g/mol. The van der Waals surface area contributed by atoms with Crippen LogP contribution in [-0.2, 0) is 4.79 Å². The lowest BCUT2D eigenvalue weighted by atomic mass is 9.87. The highest BCUT2D eigenvalue weighted by Crippen LogP contribution is 2.19. The second-order valence-electron chi connectivity index (χ2n) is 4.14. The van der Waals surface area contributed by atoms with E-state index in [1.54, 1.807) is 24.3 Å². The van der Waals surface area contributed by atoms with E-state index in [-0.39, 0.29) is 11.9 Å². The van der Waals surface area contributed by atoms with Gasteiger partial charge in [-0.25, -0.2) is 0 Å². The van der Waals surface area contributed by atoms with Crippen molar-refractivity contribution in [2.24, 2.45) is 5.92 Å². The van der Waals surface area contributed by atoms with Gasteiger partial charge < -0.3 is 4.74 Å². The van der Waals surface area contributed by atoms with E-state index in [2.05, 4.69) is 0 Å². The van der Waals surface area contributed by atoms with Crippen LogP contribution in [0.25, 0.3) is 0 Å². The second kappa shape index (κ2) is 5.04. The van der Waals surface area contributed by atoms with E-state index in [1.807, 2.05) is 25.1 Å². The van der Waals surface area contributed by atoms with Crippen molar-refractivity contribution in [3.63, 3.8) is 0 Å². The van der Waals surface area contributed by atoms with Gasteiger partial charge in [0.05, 0.1) is 5.92 Å². The minimum Gasteiger partial charge on any atom is -0.426 e. The molecule has 1 aromatic rings. The smallest absolute Gasteiger partial charge is 0.318 e. The second-order valence-corrected chi connectivity index (χ2v) is 4.14. The van der Waals surface area contributed by atoms with Gasteiger partial charge in [-0.2, -0.15) is 0 Å². The van der Waals surface area contributed by atoms with Crippen molar-refractivity contribution in [3.05, 3.63) is 53.5 Å². The van der Waals surface area contributed by atoms with Crippen molar-refractivity contribution < 1.29 is 9.53 Å². The predicted molar refractivity (Wildman–Crippen MR) is 67.9 cm³/mol. The molecule has 0 aromatic heterocycles. The van der Waals surface area contributed by atoms with Gasteiger partial charge in [-0.1, -0.05) is 35.9 Å². The SMILES string of the molecule is [B]C1=CCC(C(=O)Oc2ccc(C)cc2)C=C1. The molecule has 1 atom stereocenters. The third kappa shape index (κ3) is 3.10. The summed E-state index contributed by atoms with van der Waals surface area (Å²) in [5.41, 5.74) is 1.84. The summed E-state index contributed by atoms with van der Waals surface area (Å²) in [6.07, 6.45) is 5.96. The highest BCUT2D eigenvalue weighted by atomic mass is 16.5. The Hall–Kier alpha value is -1.77. The molecule has 0 heterocycles. The molecule has 0 fully saturated rings. The van der Waals surface area contributed by atoms with Crippen molar-refractivity contribution in [3.8, 4) is 5.75 Å². The number of esters is 1. The normalized spacial score (nSPS) is 18.6. The van der Waals surface area contributed by atoms with Gasteiger partial charge in [0, 0.05) is 0 Å². The number of rotatable bonds is 2. The molecule has 84 valence electrons.